The topological polar surface area (TPSA) is 84.7 Å². The third kappa shape index (κ3) is 5.93. The molecule has 0 aliphatic carbocycles. The van der Waals surface area contributed by atoms with Crippen molar-refractivity contribution in [2.75, 3.05) is 24.7 Å². The van der Waals surface area contributed by atoms with Crippen LogP contribution in [0.5, 0.6) is 0 Å². The van der Waals surface area contributed by atoms with Crippen molar-refractivity contribution in [3.63, 3.8) is 0 Å². The van der Waals surface area contributed by atoms with Gasteiger partial charge in [0.2, 0.25) is 5.91 Å². The third-order valence-electron chi connectivity index (χ3n) is 4.56. The average Bonchev–Trinajstić information content (AvgIpc) is 3.15. The Labute approximate surface area is 175 Å². The number of nitrogens with zero attached hydrogens (tertiary/aromatic N) is 4. The number of carbonyl (C=O) groups is 1. The van der Waals surface area contributed by atoms with E-state index >= 15 is 0 Å². The van der Waals surface area contributed by atoms with Crippen LogP contribution < -0.4 is 10.6 Å². The molecule has 0 bridgehead atoms. The average molecular weight is 413 g/mol. The van der Waals surface area contributed by atoms with E-state index in [4.69, 9.17) is 0 Å². The lowest BCUT2D eigenvalue weighted by Gasteiger charge is -2.09. The van der Waals surface area contributed by atoms with Crippen LogP contribution in [-0.2, 0) is 17.8 Å². The third-order valence-corrected chi connectivity index (χ3v) is 5.11. The van der Waals surface area contributed by atoms with E-state index < -0.39 is 0 Å². The van der Waals surface area contributed by atoms with Crippen LogP contribution in [0, 0.1) is 0 Å². The summed E-state index contributed by atoms with van der Waals surface area (Å²) < 4.78 is 1.83. The van der Waals surface area contributed by atoms with E-state index in [1.807, 2.05) is 29.1 Å². The number of thioether (sulfide) groups is 1. The summed E-state index contributed by atoms with van der Waals surface area (Å²) in [5, 5.41) is 12.4. The van der Waals surface area contributed by atoms with Gasteiger partial charge in [-0.3, -0.25) is 4.79 Å². The number of hydrogen-bond acceptors (Lipinski definition) is 6. The van der Waals surface area contributed by atoms with Crippen molar-refractivity contribution in [2.45, 2.75) is 44.3 Å². The van der Waals surface area contributed by atoms with Crippen molar-refractivity contribution in [3.05, 3.63) is 42.1 Å². The second-order valence-corrected chi connectivity index (χ2v) is 7.55. The number of anilines is 1. The number of nitrogens with one attached hydrogen (secondary N) is 2. The minimum atomic E-state index is 0.0714. The lowest BCUT2D eigenvalue weighted by Crippen LogP contribution is -2.27. The van der Waals surface area contributed by atoms with Crippen LogP contribution in [0.1, 0.15) is 31.7 Å². The highest BCUT2D eigenvalue weighted by Crippen LogP contribution is 2.23. The molecule has 3 rings (SSSR count). The van der Waals surface area contributed by atoms with Gasteiger partial charge in [-0.25, -0.2) is 14.6 Å². The number of hydrogen-bond donors (Lipinski definition) is 2. The van der Waals surface area contributed by atoms with Gasteiger partial charge in [0.15, 0.2) is 10.8 Å². The molecule has 2 heterocycles. The number of aromatic nitrogens is 4. The van der Waals surface area contributed by atoms with Gasteiger partial charge in [-0.2, -0.15) is 5.10 Å². The largest absolute Gasteiger partial charge is 0.369 e. The molecule has 2 N–H and O–H groups in total. The molecule has 1 aromatic carbocycles. The van der Waals surface area contributed by atoms with E-state index in [9.17, 15) is 4.79 Å². The van der Waals surface area contributed by atoms with Gasteiger partial charge in [-0.15, -0.1) is 0 Å². The molecule has 3 aromatic rings. The Hall–Kier alpha value is -2.61. The van der Waals surface area contributed by atoms with Crippen molar-refractivity contribution in [1.29, 1.82) is 0 Å². The molecular weight excluding hydrogens is 384 g/mol. The molecule has 0 fully saturated rings. The summed E-state index contributed by atoms with van der Waals surface area (Å²) in [5.74, 6) is 0.888. The monoisotopic (exact) mass is 412 g/mol. The summed E-state index contributed by atoms with van der Waals surface area (Å²) in [4.78, 5) is 21.3. The maximum absolute atomic E-state index is 12.1. The summed E-state index contributed by atoms with van der Waals surface area (Å²) in [6, 6.07) is 10.2. The molecule has 2 aromatic heterocycles. The fraction of sp³-hybridized carbons (Fsp3) is 0.429. The smallest absolute Gasteiger partial charge is 0.220 e. The Bertz CT molecular complexity index is 928. The normalized spacial score (nSPS) is 11.0. The van der Waals surface area contributed by atoms with E-state index in [1.165, 1.54) is 17.3 Å². The van der Waals surface area contributed by atoms with Gasteiger partial charge < -0.3 is 10.6 Å². The SMILES string of the molecule is CCCNc1nc(SC)nc2c1cnn2CCNC(=O)CCCc1ccccc1. The predicted octanol–water partition coefficient (Wildman–Crippen LogP) is 3.51. The summed E-state index contributed by atoms with van der Waals surface area (Å²) in [6.45, 7) is 4.07. The number of benzene rings is 1. The lowest BCUT2D eigenvalue weighted by atomic mass is 10.1. The van der Waals surface area contributed by atoms with Crippen molar-refractivity contribution in [1.82, 2.24) is 25.1 Å². The maximum atomic E-state index is 12.1. The summed E-state index contributed by atoms with van der Waals surface area (Å²) in [7, 11) is 0. The zero-order chi connectivity index (χ0) is 20.5. The van der Waals surface area contributed by atoms with E-state index in [-0.39, 0.29) is 5.91 Å². The summed E-state index contributed by atoms with van der Waals surface area (Å²) in [5.41, 5.74) is 2.06. The number of rotatable bonds is 11. The van der Waals surface area contributed by atoms with Gasteiger partial charge in [0.1, 0.15) is 5.82 Å². The highest BCUT2D eigenvalue weighted by Gasteiger charge is 2.12. The second-order valence-electron chi connectivity index (χ2n) is 6.78. The van der Waals surface area contributed by atoms with Gasteiger partial charge in [0.05, 0.1) is 18.1 Å². The Morgan fingerprint density at radius 1 is 1.17 bits per heavy atom. The quantitative estimate of drug-likeness (QED) is 0.370. The van der Waals surface area contributed by atoms with Crippen LogP contribution in [0.2, 0.25) is 0 Å². The minimum absolute atomic E-state index is 0.0714. The van der Waals surface area contributed by atoms with Crippen molar-refractivity contribution >= 4 is 34.5 Å². The first kappa shape index (κ1) is 21.1. The van der Waals surface area contributed by atoms with E-state index in [2.05, 4.69) is 44.8 Å². The summed E-state index contributed by atoms with van der Waals surface area (Å²) in [6.07, 6.45) is 7.06. The predicted molar refractivity (Wildman–Crippen MR) is 118 cm³/mol. The van der Waals surface area contributed by atoms with Crippen LogP contribution in [0.4, 0.5) is 5.82 Å². The first-order valence-corrected chi connectivity index (χ1v) is 11.3. The molecule has 0 spiro atoms. The molecule has 0 atom stereocenters. The molecular formula is C21H28N6OS. The number of amides is 1. The van der Waals surface area contributed by atoms with E-state index in [0.29, 0.717) is 24.7 Å². The molecule has 0 saturated carbocycles. The highest BCUT2D eigenvalue weighted by molar-refractivity contribution is 7.98. The number of fused-ring (bicyclic) bond motifs is 1. The van der Waals surface area contributed by atoms with Crippen LogP contribution >= 0.6 is 11.8 Å². The highest BCUT2D eigenvalue weighted by atomic mass is 32.2. The molecule has 0 radical (unpaired) electrons. The number of aryl methyl sites for hydroxylation is 1. The van der Waals surface area contributed by atoms with Gasteiger partial charge in [-0.05, 0) is 31.1 Å². The standard InChI is InChI=1S/C21H28N6OS/c1-3-12-23-19-17-15-24-27(20(17)26-21(25-19)29-2)14-13-22-18(28)11-7-10-16-8-5-4-6-9-16/h4-6,8-9,15H,3,7,10-14H2,1-2H3,(H,22,28)(H,23,25,26). The van der Waals surface area contributed by atoms with Crippen molar-refractivity contribution in [3.8, 4) is 0 Å². The maximum Gasteiger partial charge on any atom is 0.220 e. The number of carbonyl (C=O) groups excluding carboxylic acids is 1. The Balaban J connectivity index is 1.53. The Kier molecular flexibility index (Phi) is 7.86. The fourth-order valence-corrected chi connectivity index (χ4v) is 3.42. The van der Waals surface area contributed by atoms with E-state index in [0.717, 1.165) is 42.7 Å². The molecule has 0 unspecified atom stereocenters. The molecule has 154 valence electrons. The lowest BCUT2D eigenvalue weighted by molar-refractivity contribution is -0.121. The second kappa shape index (κ2) is 10.8. The Morgan fingerprint density at radius 2 is 2.00 bits per heavy atom. The van der Waals surface area contributed by atoms with Crippen LogP contribution in [-0.4, -0.2) is 45.0 Å². The zero-order valence-electron chi connectivity index (χ0n) is 17.0. The van der Waals surface area contributed by atoms with Gasteiger partial charge in [0.25, 0.3) is 0 Å². The summed E-state index contributed by atoms with van der Waals surface area (Å²) >= 11 is 1.51. The van der Waals surface area contributed by atoms with Crippen LogP contribution in [0.15, 0.2) is 41.7 Å². The molecule has 7 nitrogen and oxygen atoms in total. The van der Waals surface area contributed by atoms with E-state index in [1.54, 1.807) is 6.20 Å². The molecule has 1 amide bonds. The van der Waals surface area contributed by atoms with Gasteiger partial charge in [0, 0.05) is 19.5 Å². The molecule has 0 aliphatic rings. The van der Waals surface area contributed by atoms with Crippen LogP contribution in [0.3, 0.4) is 0 Å². The minimum Gasteiger partial charge on any atom is -0.369 e. The van der Waals surface area contributed by atoms with Crippen molar-refractivity contribution < 1.29 is 4.79 Å². The fourth-order valence-electron chi connectivity index (χ4n) is 3.06. The van der Waals surface area contributed by atoms with Gasteiger partial charge >= 0.3 is 0 Å². The Morgan fingerprint density at radius 3 is 2.76 bits per heavy atom. The first-order valence-electron chi connectivity index (χ1n) is 10.0. The van der Waals surface area contributed by atoms with Crippen LogP contribution in [0.25, 0.3) is 11.0 Å². The van der Waals surface area contributed by atoms with Crippen molar-refractivity contribution in [2.24, 2.45) is 0 Å². The molecule has 29 heavy (non-hydrogen) atoms. The zero-order valence-corrected chi connectivity index (χ0v) is 17.8. The first-order chi connectivity index (χ1) is 14.2. The molecule has 0 aliphatic heterocycles. The van der Waals surface area contributed by atoms with Gasteiger partial charge in [-0.1, -0.05) is 49.0 Å². The molecule has 0 saturated heterocycles. The molecule has 8 heteroatoms.